The fourth-order valence-corrected chi connectivity index (χ4v) is 3.82. The van der Waals surface area contributed by atoms with Crippen molar-refractivity contribution < 1.29 is 9.59 Å². The number of carbonyl (C=O) groups excluding carboxylic acids is 2. The Labute approximate surface area is 160 Å². The summed E-state index contributed by atoms with van der Waals surface area (Å²) in [5, 5.41) is 0. The van der Waals surface area contributed by atoms with E-state index < -0.39 is 0 Å². The van der Waals surface area contributed by atoms with Gasteiger partial charge in [-0.3, -0.25) is 9.59 Å². The minimum absolute atomic E-state index is 0.151. The number of rotatable bonds is 4. The van der Waals surface area contributed by atoms with E-state index in [1.54, 1.807) is 0 Å². The van der Waals surface area contributed by atoms with Crippen molar-refractivity contribution in [3.05, 3.63) is 60.2 Å². The fourth-order valence-electron chi connectivity index (χ4n) is 3.82. The third-order valence-electron chi connectivity index (χ3n) is 5.81. The van der Waals surface area contributed by atoms with Crippen molar-refractivity contribution in [1.29, 1.82) is 0 Å². The van der Waals surface area contributed by atoms with Crippen LogP contribution < -0.4 is 0 Å². The Balaban J connectivity index is 1.30. The average molecular weight is 362 g/mol. The lowest BCUT2D eigenvalue weighted by atomic mass is 9.84. The van der Waals surface area contributed by atoms with Crippen LogP contribution in [0.15, 0.2) is 54.6 Å². The van der Waals surface area contributed by atoms with Gasteiger partial charge < -0.3 is 9.80 Å². The van der Waals surface area contributed by atoms with Crippen LogP contribution in [0.3, 0.4) is 0 Å². The van der Waals surface area contributed by atoms with Crippen LogP contribution in [0.1, 0.15) is 24.8 Å². The number of hydrogen-bond acceptors (Lipinski definition) is 2. The molecular weight excluding hydrogens is 336 g/mol. The molecule has 0 unspecified atom stereocenters. The topological polar surface area (TPSA) is 40.6 Å². The first-order chi connectivity index (χ1) is 13.2. The van der Waals surface area contributed by atoms with Crippen molar-refractivity contribution in [1.82, 2.24) is 9.80 Å². The first kappa shape index (κ1) is 17.8. The van der Waals surface area contributed by atoms with Gasteiger partial charge in [-0.05, 0) is 29.5 Å². The molecular formula is C23H26N2O2. The average Bonchev–Trinajstić information content (AvgIpc) is 2.68. The molecule has 0 aromatic heterocycles. The molecule has 2 aromatic carbocycles. The maximum Gasteiger partial charge on any atom is 0.227 e. The number of benzene rings is 2. The summed E-state index contributed by atoms with van der Waals surface area (Å²) >= 11 is 0. The first-order valence-corrected chi connectivity index (χ1v) is 9.91. The predicted octanol–water partition coefficient (Wildman–Crippen LogP) is 3.37. The normalized spacial score (nSPS) is 17.5. The van der Waals surface area contributed by atoms with Crippen LogP contribution in [0.5, 0.6) is 0 Å². The maximum absolute atomic E-state index is 12.6. The number of piperazine rings is 1. The van der Waals surface area contributed by atoms with Gasteiger partial charge in [-0.2, -0.15) is 0 Å². The molecule has 0 N–H and O–H groups in total. The van der Waals surface area contributed by atoms with E-state index in [4.69, 9.17) is 0 Å². The first-order valence-electron chi connectivity index (χ1n) is 9.91. The molecule has 27 heavy (non-hydrogen) atoms. The van der Waals surface area contributed by atoms with Crippen LogP contribution >= 0.6 is 0 Å². The number of amides is 2. The molecule has 2 aliphatic rings. The van der Waals surface area contributed by atoms with Crippen LogP contribution in [-0.4, -0.2) is 47.8 Å². The highest BCUT2D eigenvalue weighted by Gasteiger charge is 2.31. The lowest BCUT2D eigenvalue weighted by Gasteiger charge is -2.38. The van der Waals surface area contributed by atoms with Crippen LogP contribution in [0.2, 0.25) is 0 Å². The predicted molar refractivity (Wildman–Crippen MR) is 106 cm³/mol. The molecule has 1 saturated carbocycles. The van der Waals surface area contributed by atoms with Gasteiger partial charge in [0.2, 0.25) is 11.8 Å². The van der Waals surface area contributed by atoms with Crippen LogP contribution in [-0.2, 0) is 16.0 Å². The van der Waals surface area contributed by atoms with Crippen molar-refractivity contribution >= 4 is 11.8 Å². The van der Waals surface area contributed by atoms with E-state index in [1.165, 1.54) is 12.0 Å². The van der Waals surface area contributed by atoms with E-state index in [0.29, 0.717) is 38.5 Å². The Hall–Kier alpha value is -2.62. The molecule has 1 saturated heterocycles. The highest BCUT2D eigenvalue weighted by molar-refractivity contribution is 5.81. The summed E-state index contributed by atoms with van der Waals surface area (Å²) < 4.78 is 0. The molecule has 4 rings (SSSR count). The zero-order valence-electron chi connectivity index (χ0n) is 15.6. The van der Waals surface area contributed by atoms with E-state index in [1.807, 2.05) is 40.1 Å². The zero-order valence-corrected chi connectivity index (χ0v) is 15.6. The molecule has 2 fully saturated rings. The van der Waals surface area contributed by atoms with Gasteiger partial charge in [-0.1, -0.05) is 61.0 Å². The minimum atomic E-state index is 0.151. The quantitative estimate of drug-likeness (QED) is 0.837. The Bertz CT molecular complexity index is 789. The second kappa shape index (κ2) is 7.95. The smallest absolute Gasteiger partial charge is 0.227 e. The SMILES string of the molecule is O=C(Cc1ccc(-c2ccccc2)cc1)N1CCN(C(=O)C2CCC2)CC1. The minimum Gasteiger partial charge on any atom is -0.339 e. The molecule has 1 aliphatic carbocycles. The number of carbonyl (C=O) groups is 2. The van der Waals surface area contributed by atoms with Crippen molar-refractivity contribution in [2.24, 2.45) is 5.92 Å². The van der Waals surface area contributed by atoms with Gasteiger partial charge in [0.1, 0.15) is 0 Å². The third-order valence-corrected chi connectivity index (χ3v) is 5.81. The molecule has 2 amide bonds. The van der Waals surface area contributed by atoms with Crippen molar-refractivity contribution in [2.75, 3.05) is 26.2 Å². The molecule has 2 aromatic rings. The van der Waals surface area contributed by atoms with E-state index in [2.05, 4.69) is 24.3 Å². The molecule has 0 bridgehead atoms. The second-order valence-electron chi connectivity index (χ2n) is 7.57. The van der Waals surface area contributed by atoms with Crippen molar-refractivity contribution in [3.8, 4) is 11.1 Å². The standard InChI is InChI=1S/C23H26N2O2/c26-22(24-13-15-25(16-14-24)23(27)21-7-4-8-21)17-18-9-11-20(12-10-18)19-5-2-1-3-6-19/h1-3,5-6,9-12,21H,4,7-8,13-17H2. The number of hydrogen-bond donors (Lipinski definition) is 0. The van der Waals surface area contributed by atoms with E-state index in [9.17, 15) is 9.59 Å². The summed E-state index contributed by atoms with van der Waals surface area (Å²) in [6.07, 6.45) is 3.68. The molecule has 1 aliphatic heterocycles. The lowest BCUT2D eigenvalue weighted by Crippen LogP contribution is -2.52. The highest BCUT2D eigenvalue weighted by Crippen LogP contribution is 2.28. The fraction of sp³-hybridized carbons (Fsp3) is 0.391. The maximum atomic E-state index is 12.6. The van der Waals surface area contributed by atoms with Gasteiger partial charge >= 0.3 is 0 Å². The van der Waals surface area contributed by atoms with Gasteiger partial charge in [0.25, 0.3) is 0 Å². The van der Waals surface area contributed by atoms with Gasteiger partial charge in [0.05, 0.1) is 6.42 Å². The number of nitrogens with zero attached hydrogens (tertiary/aromatic N) is 2. The van der Waals surface area contributed by atoms with Gasteiger partial charge in [-0.15, -0.1) is 0 Å². The summed E-state index contributed by atoms with van der Waals surface area (Å²) in [5.41, 5.74) is 3.38. The van der Waals surface area contributed by atoms with Gasteiger partial charge in [0, 0.05) is 32.1 Å². The van der Waals surface area contributed by atoms with Crippen LogP contribution in [0, 0.1) is 5.92 Å². The van der Waals surface area contributed by atoms with E-state index >= 15 is 0 Å². The third kappa shape index (κ3) is 4.05. The summed E-state index contributed by atoms with van der Waals surface area (Å²) in [6.45, 7) is 2.65. The molecule has 140 valence electrons. The summed E-state index contributed by atoms with van der Waals surface area (Å²) in [6, 6.07) is 18.5. The van der Waals surface area contributed by atoms with Crippen molar-refractivity contribution in [2.45, 2.75) is 25.7 Å². The van der Waals surface area contributed by atoms with E-state index in [-0.39, 0.29) is 11.8 Å². The molecule has 0 atom stereocenters. The zero-order chi connectivity index (χ0) is 18.6. The molecule has 0 spiro atoms. The summed E-state index contributed by atoms with van der Waals surface area (Å²) in [7, 11) is 0. The largest absolute Gasteiger partial charge is 0.339 e. The van der Waals surface area contributed by atoms with Crippen LogP contribution in [0.4, 0.5) is 0 Å². The van der Waals surface area contributed by atoms with Gasteiger partial charge in [0.15, 0.2) is 0 Å². The Kier molecular flexibility index (Phi) is 5.23. The molecule has 4 heteroatoms. The monoisotopic (exact) mass is 362 g/mol. The lowest BCUT2D eigenvalue weighted by molar-refractivity contribution is -0.143. The molecule has 0 radical (unpaired) electrons. The van der Waals surface area contributed by atoms with Crippen LogP contribution in [0.25, 0.3) is 11.1 Å². The Morgan fingerprint density at radius 1 is 0.778 bits per heavy atom. The van der Waals surface area contributed by atoms with E-state index in [0.717, 1.165) is 24.0 Å². The van der Waals surface area contributed by atoms with Crippen molar-refractivity contribution in [3.63, 3.8) is 0 Å². The summed E-state index contributed by atoms with van der Waals surface area (Å²) in [5.74, 6) is 0.693. The highest BCUT2D eigenvalue weighted by atomic mass is 16.2. The summed E-state index contributed by atoms with van der Waals surface area (Å²) in [4.78, 5) is 28.8. The molecule has 4 nitrogen and oxygen atoms in total. The van der Waals surface area contributed by atoms with Gasteiger partial charge in [-0.25, -0.2) is 0 Å². The molecule has 1 heterocycles. The second-order valence-corrected chi connectivity index (χ2v) is 7.57. The Morgan fingerprint density at radius 2 is 1.37 bits per heavy atom. The Morgan fingerprint density at radius 3 is 1.96 bits per heavy atom.